The molecule has 2 atom stereocenters. The van der Waals surface area contributed by atoms with Crippen molar-refractivity contribution < 1.29 is 4.79 Å². The number of carbonyl (C=O) groups is 1. The van der Waals surface area contributed by atoms with E-state index in [1.165, 1.54) is 0 Å². The van der Waals surface area contributed by atoms with E-state index < -0.39 is 0 Å². The van der Waals surface area contributed by atoms with Crippen molar-refractivity contribution in [1.82, 2.24) is 10.2 Å². The first-order valence-corrected chi connectivity index (χ1v) is 5.39. The first-order chi connectivity index (χ1) is 6.63. The molecule has 2 unspecified atom stereocenters. The molecule has 2 fully saturated rings. The monoisotopic (exact) mass is 197 g/mol. The molecule has 14 heavy (non-hydrogen) atoms. The van der Waals surface area contributed by atoms with Gasteiger partial charge in [0, 0.05) is 19.1 Å². The van der Waals surface area contributed by atoms with Crippen LogP contribution in [0.4, 0.5) is 4.79 Å². The van der Waals surface area contributed by atoms with Crippen molar-refractivity contribution in [1.29, 1.82) is 0 Å². The summed E-state index contributed by atoms with van der Waals surface area (Å²) in [5.41, 5.74) is 5.61. The first-order valence-electron chi connectivity index (χ1n) is 5.39. The summed E-state index contributed by atoms with van der Waals surface area (Å²) in [6.07, 6.45) is 0. The zero-order valence-electron chi connectivity index (χ0n) is 8.86. The number of hydrogen-bond acceptors (Lipinski definition) is 2. The van der Waals surface area contributed by atoms with Gasteiger partial charge in [0.25, 0.3) is 0 Å². The van der Waals surface area contributed by atoms with Gasteiger partial charge >= 0.3 is 6.03 Å². The summed E-state index contributed by atoms with van der Waals surface area (Å²) in [4.78, 5) is 13.5. The lowest BCUT2D eigenvalue weighted by molar-refractivity contribution is 0.198. The topological polar surface area (TPSA) is 58.4 Å². The fourth-order valence-electron chi connectivity index (χ4n) is 2.50. The maximum absolute atomic E-state index is 11.6. The average molecular weight is 197 g/mol. The summed E-state index contributed by atoms with van der Waals surface area (Å²) in [7, 11) is 0. The van der Waals surface area contributed by atoms with Crippen LogP contribution in [0.2, 0.25) is 0 Å². The van der Waals surface area contributed by atoms with Crippen molar-refractivity contribution in [2.75, 3.05) is 19.6 Å². The molecule has 2 rings (SSSR count). The number of nitrogens with zero attached hydrogens (tertiary/aromatic N) is 1. The van der Waals surface area contributed by atoms with Crippen molar-refractivity contribution in [2.24, 2.45) is 23.5 Å². The molecule has 2 aliphatic rings. The summed E-state index contributed by atoms with van der Waals surface area (Å²) in [5, 5.41) is 2.91. The highest BCUT2D eigenvalue weighted by molar-refractivity contribution is 5.75. The number of hydrogen-bond donors (Lipinski definition) is 2. The Kier molecular flexibility index (Phi) is 2.39. The fourth-order valence-corrected chi connectivity index (χ4v) is 2.50. The minimum Gasteiger partial charge on any atom is -0.336 e. The zero-order chi connectivity index (χ0) is 10.3. The summed E-state index contributed by atoms with van der Waals surface area (Å²) < 4.78 is 0. The zero-order valence-corrected chi connectivity index (χ0v) is 8.86. The molecule has 1 aliphatic heterocycles. The van der Waals surface area contributed by atoms with Gasteiger partial charge in [0.05, 0.1) is 0 Å². The van der Waals surface area contributed by atoms with Crippen molar-refractivity contribution in [3.05, 3.63) is 0 Å². The average Bonchev–Trinajstić information content (AvgIpc) is 2.56. The highest BCUT2D eigenvalue weighted by atomic mass is 16.2. The van der Waals surface area contributed by atoms with E-state index >= 15 is 0 Å². The number of amides is 2. The molecule has 1 saturated heterocycles. The summed E-state index contributed by atoms with van der Waals surface area (Å²) in [5.74, 6) is 2.08. The highest BCUT2D eigenvalue weighted by Gasteiger charge is 2.55. The molecule has 0 radical (unpaired) electrons. The molecule has 0 aromatic carbocycles. The number of piperidine rings is 1. The Labute approximate surface area is 84.8 Å². The van der Waals surface area contributed by atoms with Crippen molar-refractivity contribution in [3.63, 3.8) is 0 Å². The van der Waals surface area contributed by atoms with Crippen LogP contribution in [-0.4, -0.2) is 36.6 Å². The molecule has 1 aliphatic carbocycles. The van der Waals surface area contributed by atoms with Crippen molar-refractivity contribution in [3.8, 4) is 0 Å². The van der Waals surface area contributed by atoms with E-state index in [-0.39, 0.29) is 12.1 Å². The Morgan fingerprint density at radius 3 is 2.50 bits per heavy atom. The number of nitrogens with two attached hydrogens (primary N) is 1. The van der Waals surface area contributed by atoms with Gasteiger partial charge in [0.15, 0.2) is 0 Å². The Morgan fingerprint density at radius 2 is 2.07 bits per heavy atom. The highest BCUT2D eigenvalue weighted by Crippen LogP contribution is 2.50. The van der Waals surface area contributed by atoms with Gasteiger partial charge in [-0.25, -0.2) is 4.79 Å². The molecule has 4 nitrogen and oxygen atoms in total. The molecular formula is C10H19N3O. The van der Waals surface area contributed by atoms with Crippen LogP contribution in [0, 0.1) is 17.8 Å². The summed E-state index contributed by atoms with van der Waals surface area (Å²) in [6, 6.07) is 0.313. The SMILES string of the molecule is CC(C)NC(=O)N1CC2C(CN)C2C1. The van der Waals surface area contributed by atoms with Gasteiger partial charge in [0.2, 0.25) is 0 Å². The number of fused-ring (bicyclic) bond motifs is 1. The molecular weight excluding hydrogens is 178 g/mol. The van der Waals surface area contributed by atoms with Crippen LogP contribution in [0.1, 0.15) is 13.8 Å². The number of urea groups is 1. The van der Waals surface area contributed by atoms with E-state index in [1.54, 1.807) is 0 Å². The number of likely N-dealkylation sites (tertiary alicyclic amines) is 1. The molecule has 4 heteroatoms. The van der Waals surface area contributed by atoms with Gasteiger partial charge in [-0.3, -0.25) is 0 Å². The van der Waals surface area contributed by atoms with Crippen LogP contribution >= 0.6 is 0 Å². The normalized spacial score (nSPS) is 34.6. The van der Waals surface area contributed by atoms with Gasteiger partial charge in [-0.2, -0.15) is 0 Å². The smallest absolute Gasteiger partial charge is 0.317 e. The Hall–Kier alpha value is -0.770. The van der Waals surface area contributed by atoms with Gasteiger partial charge in [-0.1, -0.05) is 0 Å². The largest absolute Gasteiger partial charge is 0.336 e. The van der Waals surface area contributed by atoms with E-state index in [9.17, 15) is 4.79 Å². The lowest BCUT2D eigenvalue weighted by Crippen LogP contribution is -2.43. The summed E-state index contributed by atoms with van der Waals surface area (Å²) >= 11 is 0. The fraction of sp³-hybridized carbons (Fsp3) is 0.900. The Morgan fingerprint density at radius 1 is 1.50 bits per heavy atom. The minimum absolute atomic E-state index is 0.0861. The molecule has 3 N–H and O–H groups in total. The van der Waals surface area contributed by atoms with Gasteiger partial charge in [-0.15, -0.1) is 0 Å². The van der Waals surface area contributed by atoms with Gasteiger partial charge < -0.3 is 16.0 Å². The molecule has 2 amide bonds. The third-order valence-electron chi connectivity index (χ3n) is 3.34. The maximum atomic E-state index is 11.6. The van der Waals surface area contributed by atoms with Crippen LogP contribution in [0.15, 0.2) is 0 Å². The van der Waals surface area contributed by atoms with Crippen molar-refractivity contribution in [2.45, 2.75) is 19.9 Å². The lowest BCUT2D eigenvalue weighted by atomic mass is 10.3. The van der Waals surface area contributed by atoms with Crippen LogP contribution in [0.25, 0.3) is 0 Å². The predicted molar refractivity (Wildman–Crippen MR) is 54.8 cm³/mol. The van der Waals surface area contributed by atoms with E-state index in [0.29, 0.717) is 17.8 Å². The molecule has 1 heterocycles. The molecule has 80 valence electrons. The second kappa shape index (κ2) is 3.42. The molecule has 0 aromatic heterocycles. The van der Waals surface area contributed by atoms with Gasteiger partial charge in [0.1, 0.15) is 0 Å². The van der Waals surface area contributed by atoms with Crippen LogP contribution in [-0.2, 0) is 0 Å². The summed E-state index contributed by atoms with van der Waals surface area (Å²) in [6.45, 7) is 6.57. The third kappa shape index (κ3) is 1.59. The Bertz CT molecular complexity index is 230. The minimum atomic E-state index is 0.0861. The molecule has 0 bridgehead atoms. The van der Waals surface area contributed by atoms with Crippen LogP contribution in [0.5, 0.6) is 0 Å². The predicted octanol–water partition coefficient (Wildman–Crippen LogP) is 0.241. The standard InChI is InChI=1S/C10H19N3O/c1-6(2)12-10(14)13-4-8-7(3-11)9(8)5-13/h6-9H,3-5,11H2,1-2H3,(H,12,14). The first kappa shape index (κ1) is 9.77. The molecule has 1 saturated carbocycles. The molecule has 0 aromatic rings. The van der Waals surface area contributed by atoms with Crippen molar-refractivity contribution >= 4 is 6.03 Å². The maximum Gasteiger partial charge on any atom is 0.317 e. The third-order valence-corrected chi connectivity index (χ3v) is 3.34. The lowest BCUT2D eigenvalue weighted by Gasteiger charge is -2.21. The second-order valence-corrected chi connectivity index (χ2v) is 4.74. The number of rotatable bonds is 2. The number of carbonyl (C=O) groups excluding carboxylic acids is 1. The quantitative estimate of drug-likeness (QED) is 0.666. The van der Waals surface area contributed by atoms with E-state index in [4.69, 9.17) is 5.73 Å². The van der Waals surface area contributed by atoms with E-state index in [0.717, 1.165) is 19.6 Å². The van der Waals surface area contributed by atoms with Crippen LogP contribution < -0.4 is 11.1 Å². The second-order valence-electron chi connectivity index (χ2n) is 4.74. The Balaban J connectivity index is 1.79. The van der Waals surface area contributed by atoms with Crippen LogP contribution in [0.3, 0.4) is 0 Å². The van der Waals surface area contributed by atoms with E-state index in [2.05, 4.69) is 5.32 Å². The van der Waals surface area contributed by atoms with E-state index in [1.807, 2.05) is 18.7 Å². The number of nitrogens with one attached hydrogen (secondary N) is 1. The van der Waals surface area contributed by atoms with Gasteiger partial charge in [-0.05, 0) is 38.1 Å². The molecule has 0 spiro atoms.